The van der Waals surface area contributed by atoms with E-state index >= 15 is 0 Å². The Kier molecular flexibility index (Phi) is 4.85. The van der Waals surface area contributed by atoms with Gasteiger partial charge in [0.1, 0.15) is 6.54 Å². The van der Waals surface area contributed by atoms with Gasteiger partial charge in [-0.25, -0.2) is 13.1 Å². The predicted octanol–water partition coefficient (Wildman–Crippen LogP) is 1.68. The standard InChI is InChI=1S/C12H8BrClN4O3S/c13-9-1-8(4-15)2-11(3-9)22(20,21)17-12(19)7-18-6-10(14)5-16-18/h1-3,5-6H,7H2,(H,17,19). The van der Waals surface area contributed by atoms with E-state index in [4.69, 9.17) is 16.9 Å². The number of carbonyl (C=O) groups excluding carboxylic acids is 1. The summed E-state index contributed by atoms with van der Waals surface area (Å²) in [6.07, 6.45) is 2.72. The number of nitrogens with zero attached hydrogens (tertiary/aromatic N) is 3. The summed E-state index contributed by atoms with van der Waals surface area (Å²) in [6.45, 7) is -0.301. The molecule has 1 N–H and O–H groups in total. The third-order valence-electron chi connectivity index (χ3n) is 2.47. The number of sulfonamides is 1. The van der Waals surface area contributed by atoms with Crippen LogP contribution in [0, 0.1) is 11.3 Å². The monoisotopic (exact) mass is 402 g/mol. The number of amides is 1. The van der Waals surface area contributed by atoms with Crippen molar-refractivity contribution in [2.75, 3.05) is 0 Å². The van der Waals surface area contributed by atoms with Crippen molar-refractivity contribution in [3.05, 3.63) is 45.7 Å². The molecule has 0 aliphatic carbocycles. The number of benzene rings is 1. The second-order valence-corrected chi connectivity index (χ2v) is 7.21. The maximum atomic E-state index is 12.1. The highest BCUT2D eigenvalue weighted by Crippen LogP contribution is 2.19. The Labute approximate surface area is 139 Å². The molecule has 0 saturated carbocycles. The molecule has 0 radical (unpaired) electrons. The second kappa shape index (κ2) is 6.48. The summed E-state index contributed by atoms with van der Waals surface area (Å²) in [7, 11) is -4.08. The summed E-state index contributed by atoms with van der Waals surface area (Å²) in [5.74, 6) is -0.779. The van der Waals surface area contributed by atoms with E-state index in [0.29, 0.717) is 9.50 Å². The fourth-order valence-electron chi connectivity index (χ4n) is 1.60. The van der Waals surface area contributed by atoms with Crippen molar-refractivity contribution in [3.63, 3.8) is 0 Å². The number of halogens is 2. The predicted molar refractivity (Wildman–Crippen MR) is 81.4 cm³/mol. The molecule has 0 bridgehead atoms. The van der Waals surface area contributed by atoms with Gasteiger partial charge in [0.2, 0.25) is 0 Å². The lowest BCUT2D eigenvalue weighted by atomic mass is 10.2. The SMILES string of the molecule is N#Cc1cc(Br)cc(S(=O)(=O)NC(=O)Cn2cc(Cl)cn2)c1. The Hall–Kier alpha value is -1.89. The average Bonchev–Trinajstić information content (AvgIpc) is 2.82. The highest BCUT2D eigenvalue weighted by molar-refractivity contribution is 9.10. The fourth-order valence-corrected chi connectivity index (χ4v) is 3.44. The number of nitriles is 1. The zero-order valence-corrected chi connectivity index (χ0v) is 14.0. The van der Waals surface area contributed by atoms with E-state index in [-0.39, 0.29) is 17.0 Å². The maximum Gasteiger partial charge on any atom is 0.264 e. The molecule has 1 aromatic heterocycles. The molecule has 1 aromatic carbocycles. The van der Waals surface area contributed by atoms with E-state index in [2.05, 4.69) is 21.0 Å². The molecule has 22 heavy (non-hydrogen) atoms. The molecule has 0 unspecified atom stereocenters. The summed E-state index contributed by atoms with van der Waals surface area (Å²) in [6, 6.07) is 5.77. The summed E-state index contributed by atoms with van der Waals surface area (Å²) in [5, 5.41) is 13.0. The summed E-state index contributed by atoms with van der Waals surface area (Å²) in [4.78, 5) is 11.6. The fraction of sp³-hybridized carbons (Fsp3) is 0.0833. The van der Waals surface area contributed by atoms with E-state index in [1.165, 1.54) is 35.3 Å². The van der Waals surface area contributed by atoms with Crippen LogP contribution < -0.4 is 4.72 Å². The lowest BCUT2D eigenvalue weighted by molar-refractivity contribution is -0.120. The Morgan fingerprint density at radius 2 is 2.18 bits per heavy atom. The number of aromatic nitrogens is 2. The Balaban J connectivity index is 2.19. The Bertz CT molecular complexity index is 873. The van der Waals surface area contributed by atoms with Gasteiger partial charge in [0, 0.05) is 10.7 Å². The van der Waals surface area contributed by atoms with Gasteiger partial charge in [0.15, 0.2) is 0 Å². The van der Waals surface area contributed by atoms with Crippen LogP contribution in [0.1, 0.15) is 5.56 Å². The first-order valence-corrected chi connectivity index (χ1v) is 8.40. The average molecular weight is 404 g/mol. The van der Waals surface area contributed by atoms with Gasteiger partial charge >= 0.3 is 0 Å². The van der Waals surface area contributed by atoms with Gasteiger partial charge in [-0.15, -0.1) is 0 Å². The first-order chi connectivity index (χ1) is 10.3. The number of rotatable bonds is 4. The van der Waals surface area contributed by atoms with Crippen LogP contribution in [0.15, 0.2) is 40.0 Å². The highest BCUT2D eigenvalue weighted by Gasteiger charge is 2.19. The van der Waals surface area contributed by atoms with Gasteiger partial charge in [-0.2, -0.15) is 10.4 Å². The topological polar surface area (TPSA) is 105 Å². The van der Waals surface area contributed by atoms with E-state index in [0.717, 1.165) is 0 Å². The molecule has 0 spiro atoms. The van der Waals surface area contributed by atoms with Gasteiger partial charge in [-0.05, 0) is 18.2 Å². The highest BCUT2D eigenvalue weighted by atomic mass is 79.9. The summed E-state index contributed by atoms with van der Waals surface area (Å²) in [5.41, 5.74) is 0.154. The van der Waals surface area contributed by atoms with Crippen molar-refractivity contribution in [1.82, 2.24) is 14.5 Å². The molecule has 114 valence electrons. The van der Waals surface area contributed by atoms with Gasteiger partial charge in [0.25, 0.3) is 15.9 Å². The van der Waals surface area contributed by atoms with Crippen LogP contribution in [0.4, 0.5) is 0 Å². The van der Waals surface area contributed by atoms with Gasteiger partial charge in [0.05, 0.1) is 27.7 Å². The minimum absolute atomic E-state index is 0.154. The van der Waals surface area contributed by atoms with Crippen LogP contribution in [-0.2, 0) is 21.4 Å². The zero-order chi connectivity index (χ0) is 16.3. The molecular formula is C12H8BrClN4O3S. The molecule has 2 rings (SSSR count). The van der Waals surface area contributed by atoms with Crippen LogP contribution in [0.5, 0.6) is 0 Å². The Morgan fingerprint density at radius 3 is 2.77 bits per heavy atom. The first kappa shape index (κ1) is 16.5. The first-order valence-electron chi connectivity index (χ1n) is 5.74. The quantitative estimate of drug-likeness (QED) is 0.836. The lowest BCUT2D eigenvalue weighted by Gasteiger charge is -2.08. The number of nitrogens with one attached hydrogen (secondary N) is 1. The van der Waals surface area contributed by atoms with E-state index in [1.54, 1.807) is 0 Å². The molecule has 1 heterocycles. The molecule has 0 fully saturated rings. The van der Waals surface area contributed by atoms with Crippen LogP contribution in [0.2, 0.25) is 5.02 Å². The van der Waals surface area contributed by atoms with Crippen LogP contribution in [-0.4, -0.2) is 24.1 Å². The largest absolute Gasteiger partial charge is 0.272 e. The molecule has 1 amide bonds. The van der Waals surface area contributed by atoms with Gasteiger partial charge in [-0.1, -0.05) is 27.5 Å². The third-order valence-corrected chi connectivity index (χ3v) is 4.47. The second-order valence-electron chi connectivity index (χ2n) is 4.17. The molecule has 7 nitrogen and oxygen atoms in total. The minimum atomic E-state index is -4.08. The molecule has 0 atom stereocenters. The summed E-state index contributed by atoms with van der Waals surface area (Å²) < 4.78 is 27.8. The van der Waals surface area contributed by atoms with Crippen molar-refractivity contribution >= 4 is 43.5 Å². The van der Waals surface area contributed by atoms with Crippen molar-refractivity contribution in [2.45, 2.75) is 11.4 Å². The van der Waals surface area contributed by atoms with Crippen LogP contribution in [0.3, 0.4) is 0 Å². The third kappa shape index (κ3) is 4.07. The number of hydrogen-bond acceptors (Lipinski definition) is 5. The number of carbonyl (C=O) groups is 1. The zero-order valence-electron chi connectivity index (χ0n) is 10.8. The molecule has 0 aliphatic heterocycles. The summed E-state index contributed by atoms with van der Waals surface area (Å²) >= 11 is 8.77. The Morgan fingerprint density at radius 1 is 1.45 bits per heavy atom. The lowest BCUT2D eigenvalue weighted by Crippen LogP contribution is -2.33. The van der Waals surface area contributed by atoms with E-state index < -0.39 is 15.9 Å². The molecule has 0 aliphatic rings. The molecule has 0 saturated heterocycles. The minimum Gasteiger partial charge on any atom is -0.272 e. The van der Waals surface area contributed by atoms with Crippen molar-refractivity contribution < 1.29 is 13.2 Å². The molecule has 10 heteroatoms. The smallest absolute Gasteiger partial charge is 0.264 e. The van der Waals surface area contributed by atoms with Crippen molar-refractivity contribution in [3.8, 4) is 6.07 Å². The maximum absolute atomic E-state index is 12.1. The van der Waals surface area contributed by atoms with Crippen molar-refractivity contribution in [1.29, 1.82) is 5.26 Å². The van der Waals surface area contributed by atoms with Gasteiger partial charge < -0.3 is 0 Å². The van der Waals surface area contributed by atoms with E-state index in [9.17, 15) is 13.2 Å². The molecular weight excluding hydrogens is 396 g/mol. The van der Waals surface area contributed by atoms with Crippen LogP contribution >= 0.6 is 27.5 Å². The van der Waals surface area contributed by atoms with Gasteiger partial charge in [-0.3, -0.25) is 9.48 Å². The van der Waals surface area contributed by atoms with E-state index in [1.807, 2.05) is 10.8 Å². The number of hydrogen-bond donors (Lipinski definition) is 1. The molecule has 2 aromatic rings. The van der Waals surface area contributed by atoms with Crippen molar-refractivity contribution in [2.24, 2.45) is 0 Å². The van der Waals surface area contributed by atoms with Crippen LogP contribution in [0.25, 0.3) is 0 Å². The normalized spacial score (nSPS) is 11.0.